The van der Waals surface area contributed by atoms with Crippen LogP contribution in [0.4, 0.5) is 5.69 Å². The van der Waals surface area contributed by atoms with Crippen molar-refractivity contribution in [2.24, 2.45) is 0 Å². The van der Waals surface area contributed by atoms with E-state index in [1.165, 1.54) is 11.8 Å². The van der Waals surface area contributed by atoms with E-state index in [2.05, 4.69) is 15.5 Å². The van der Waals surface area contributed by atoms with Gasteiger partial charge in [0.1, 0.15) is 16.8 Å². The monoisotopic (exact) mass is 444 g/mol. The average Bonchev–Trinajstić information content (AvgIpc) is 3.18. The SMILES string of the molecule is COc1ccc(C)cc1NC(=O)[C@@H](Sc1nnc(C)n1-c1ccccc1)c1ccccc1. The van der Waals surface area contributed by atoms with Gasteiger partial charge in [-0.05, 0) is 49.2 Å². The summed E-state index contributed by atoms with van der Waals surface area (Å²) in [6.07, 6.45) is 0. The van der Waals surface area contributed by atoms with Gasteiger partial charge in [-0.3, -0.25) is 9.36 Å². The normalized spacial score (nSPS) is 11.7. The van der Waals surface area contributed by atoms with E-state index in [1.807, 2.05) is 97.3 Å². The van der Waals surface area contributed by atoms with Gasteiger partial charge in [0.25, 0.3) is 0 Å². The highest BCUT2D eigenvalue weighted by molar-refractivity contribution is 8.00. The second-order valence-corrected chi connectivity index (χ2v) is 8.37. The Morgan fingerprint density at radius 2 is 1.66 bits per heavy atom. The van der Waals surface area contributed by atoms with Gasteiger partial charge in [-0.1, -0.05) is 66.4 Å². The summed E-state index contributed by atoms with van der Waals surface area (Å²) >= 11 is 1.37. The Morgan fingerprint density at radius 3 is 2.34 bits per heavy atom. The molecule has 4 rings (SSSR count). The molecule has 3 aromatic carbocycles. The minimum absolute atomic E-state index is 0.162. The third-order valence-electron chi connectivity index (χ3n) is 4.99. The Labute approximate surface area is 191 Å². The van der Waals surface area contributed by atoms with E-state index in [4.69, 9.17) is 4.74 Å². The fourth-order valence-electron chi connectivity index (χ4n) is 3.42. The molecule has 1 heterocycles. The minimum atomic E-state index is -0.535. The molecule has 0 radical (unpaired) electrons. The van der Waals surface area contributed by atoms with Gasteiger partial charge < -0.3 is 10.1 Å². The molecule has 1 N–H and O–H groups in total. The highest BCUT2D eigenvalue weighted by Gasteiger charge is 2.26. The fraction of sp³-hybridized carbons (Fsp3) is 0.160. The van der Waals surface area contributed by atoms with Crippen molar-refractivity contribution in [3.8, 4) is 11.4 Å². The molecule has 0 aliphatic carbocycles. The number of amides is 1. The molecule has 0 unspecified atom stereocenters. The van der Waals surface area contributed by atoms with Crippen LogP contribution in [0.3, 0.4) is 0 Å². The number of nitrogens with zero attached hydrogens (tertiary/aromatic N) is 3. The van der Waals surface area contributed by atoms with Gasteiger partial charge >= 0.3 is 0 Å². The number of para-hydroxylation sites is 1. The van der Waals surface area contributed by atoms with E-state index in [1.54, 1.807) is 7.11 Å². The quantitative estimate of drug-likeness (QED) is 0.388. The van der Waals surface area contributed by atoms with E-state index in [-0.39, 0.29) is 5.91 Å². The zero-order valence-corrected chi connectivity index (χ0v) is 19.0. The van der Waals surface area contributed by atoms with Gasteiger partial charge in [0.15, 0.2) is 5.16 Å². The molecule has 6 nitrogen and oxygen atoms in total. The third-order valence-corrected chi connectivity index (χ3v) is 6.18. The molecule has 0 saturated heterocycles. The Morgan fingerprint density at radius 1 is 0.969 bits per heavy atom. The van der Waals surface area contributed by atoms with Crippen molar-refractivity contribution in [3.63, 3.8) is 0 Å². The number of anilines is 1. The lowest BCUT2D eigenvalue weighted by molar-refractivity contribution is -0.115. The molecule has 0 saturated carbocycles. The third kappa shape index (κ3) is 4.68. The minimum Gasteiger partial charge on any atom is -0.495 e. The lowest BCUT2D eigenvalue weighted by Crippen LogP contribution is -2.20. The molecule has 4 aromatic rings. The number of thioether (sulfide) groups is 1. The van der Waals surface area contributed by atoms with Crippen molar-refractivity contribution in [2.45, 2.75) is 24.3 Å². The summed E-state index contributed by atoms with van der Waals surface area (Å²) in [5.41, 5.74) is 3.50. The van der Waals surface area contributed by atoms with Gasteiger partial charge in [0.2, 0.25) is 5.91 Å². The van der Waals surface area contributed by atoms with Crippen molar-refractivity contribution in [1.82, 2.24) is 14.8 Å². The lowest BCUT2D eigenvalue weighted by atomic mass is 10.1. The average molecular weight is 445 g/mol. The molecule has 1 amide bonds. The topological polar surface area (TPSA) is 69.0 Å². The summed E-state index contributed by atoms with van der Waals surface area (Å²) in [6, 6.07) is 25.3. The van der Waals surface area contributed by atoms with Crippen molar-refractivity contribution >= 4 is 23.4 Å². The first-order valence-electron chi connectivity index (χ1n) is 10.2. The van der Waals surface area contributed by atoms with Gasteiger partial charge in [-0.2, -0.15) is 0 Å². The van der Waals surface area contributed by atoms with Crippen molar-refractivity contribution < 1.29 is 9.53 Å². The summed E-state index contributed by atoms with van der Waals surface area (Å²) in [5, 5.41) is 11.8. The van der Waals surface area contributed by atoms with E-state index in [9.17, 15) is 4.79 Å². The van der Waals surface area contributed by atoms with Crippen molar-refractivity contribution in [2.75, 3.05) is 12.4 Å². The first-order chi connectivity index (χ1) is 15.6. The molecule has 1 aromatic heterocycles. The van der Waals surface area contributed by atoms with Crippen LogP contribution in [0.2, 0.25) is 0 Å². The number of carbonyl (C=O) groups excluding carboxylic acids is 1. The summed E-state index contributed by atoms with van der Waals surface area (Å²) in [6.45, 7) is 3.88. The maximum Gasteiger partial charge on any atom is 0.242 e. The Balaban J connectivity index is 1.70. The predicted octanol–water partition coefficient (Wildman–Crippen LogP) is 5.36. The van der Waals surface area contributed by atoms with Crippen LogP contribution >= 0.6 is 11.8 Å². The van der Waals surface area contributed by atoms with Crippen LogP contribution in [0.1, 0.15) is 22.2 Å². The van der Waals surface area contributed by atoms with Gasteiger partial charge in [0, 0.05) is 5.69 Å². The van der Waals surface area contributed by atoms with Gasteiger partial charge in [-0.25, -0.2) is 0 Å². The molecule has 0 fully saturated rings. The van der Waals surface area contributed by atoms with Crippen molar-refractivity contribution in [3.05, 3.63) is 95.8 Å². The molecule has 0 spiro atoms. The standard InChI is InChI=1S/C25H24N4O2S/c1-17-14-15-22(31-3)21(16-17)26-24(30)23(19-10-6-4-7-11-19)32-25-28-27-18(2)29(25)20-12-8-5-9-13-20/h4-16,23H,1-3H3,(H,26,30)/t23-/m0/s1. The largest absolute Gasteiger partial charge is 0.495 e. The predicted molar refractivity (Wildman–Crippen MR) is 127 cm³/mol. The van der Waals surface area contributed by atoms with Crippen LogP contribution < -0.4 is 10.1 Å². The van der Waals surface area contributed by atoms with Crippen LogP contribution in [0, 0.1) is 13.8 Å². The first-order valence-corrected chi connectivity index (χ1v) is 11.1. The number of hydrogen-bond donors (Lipinski definition) is 1. The van der Waals surface area contributed by atoms with E-state index in [0.29, 0.717) is 16.6 Å². The molecule has 0 bridgehead atoms. The Kier molecular flexibility index (Phi) is 6.56. The Hall–Kier alpha value is -3.58. The number of aryl methyl sites for hydroxylation is 2. The molecule has 7 heteroatoms. The smallest absolute Gasteiger partial charge is 0.242 e. The maximum atomic E-state index is 13.5. The zero-order chi connectivity index (χ0) is 22.5. The highest BCUT2D eigenvalue weighted by atomic mass is 32.2. The molecule has 0 aliphatic heterocycles. The van der Waals surface area contributed by atoms with Crippen LogP contribution in [0.25, 0.3) is 5.69 Å². The van der Waals surface area contributed by atoms with Crippen molar-refractivity contribution in [1.29, 1.82) is 0 Å². The molecule has 1 atom stereocenters. The number of hydrogen-bond acceptors (Lipinski definition) is 5. The van der Waals surface area contributed by atoms with Gasteiger partial charge in [-0.15, -0.1) is 10.2 Å². The second kappa shape index (κ2) is 9.70. The number of aromatic nitrogens is 3. The summed E-state index contributed by atoms with van der Waals surface area (Å²) in [5.74, 6) is 1.21. The van der Waals surface area contributed by atoms with Crippen LogP contribution in [0.15, 0.2) is 84.0 Å². The number of methoxy groups -OCH3 is 1. The molecular formula is C25H24N4O2S. The summed E-state index contributed by atoms with van der Waals surface area (Å²) in [7, 11) is 1.59. The van der Waals surface area contributed by atoms with Gasteiger partial charge in [0.05, 0.1) is 12.8 Å². The Bertz CT molecular complexity index is 1210. The fourth-order valence-corrected chi connectivity index (χ4v) is 4.52. The number of benzene rings is 3. The first kappa shape index (κ1) is 21.6. The molecule has 0 aliphatic rings. The lowest BCUT2D eigenvalue weighted by Gasteiger charge is -2.18. The second-order valence-electron chi connectivity index (χ2n) is 7.30. The van der Waals surface area contributed by atoms with E-state index in [0.717, 1.165) is 22.6 Å². The van der Waals surface area contributed by atoms with E-state index >= 15 is 0 Å². The van der Waals surface area contributed by atoms with E-state index < -0.39 is 5.25 Å². The maximum absolute atomic E-state index is 13.5. The summed E-state index contributed by atoms with van der Waals surface area (Å²) < 4.78 is 7.40. The number of rotatable bonds is 7. The van der Waals surface area contributed by atoms with Crippen LogP contribution in [0.5, 0.6) is 5.75 Å². The molecular weight excluding hydrogens is 420 g/mol. The zero-order valence-electron chi connectivity index (χ0n) is 18.1. The molecule has 162 valence electrons. The summed E-state index contributed by atoms with van der Waals surface area (Å²) in [4.78, 5) is 13.5. The number of carbonyl (C=O) groups is 1. The number of nitrogens with one attached hydrogen (secondary N) is 1. The van der Waals surface area contributed by atoms with Crippen LogP contribution in [-0.2, 0) is 4.79 Å². The number of ether oxygens (including phenoxy) is 1. The highest BCUT2D eigenvalue weighted by Crippen LogP contribution is 2.37. The van der Waals surface area contributed by atoms with Crippen LogP contribution in [-0.4, -0.2) is 27.8 Å². The molecule has 32 heavy (non-hydrogen) atoms.